The smallest absolute Gasteiger partial charge is 0.289 e. The number of allylic oxidation sites excluding steroid dienone is 1. The summed E-state index contributed by atoms with van der Waals surface area (Å²) in [5.41, 5.74) is -5.41. The van der Waals surface area contributed by atoms with Crippen LogP contribution in [0.5, 0.6) is 0 Å². The first-order chi connectivity index (χ1) is 9.42. The van der Waals surface area contributed by atoms with Gasteiger partial charge in [-0.2, -0.15) is 39.5 Å². The zero-order valence-electron chi connectivity index (χ0n) is 9.97. The highest BCUT2D eigenvalue weighted by molar-refractivity contribution is 9.10. The fourth-order valence-electron chi connectivity index (χ4n) is 1.00. The first-order valence-corrected chi connectivity index (χ1v) is 5.53. The van der Waals surface area contributed by atoms with E-state index in [-0.39, 0.29) is 0 Å². The molecule has 0 bridgehead atoms. The number of carbonyl (C=O) groups excluding carboxylic acids is 2. The van der Waals surface area contributed by atoms with E-state index in [1.165, 1.54) is 0 Å². The van der Waals surface area contributed by atoms with E-state index in [2.05, 4.69) is 0 Å². The lowest BCUT2D eigenvalue weighted by atomic mass is 9.88. The van der Waals surface area contributed by atoms with Crippen molar-refractivity contribution in [1.29, 1.82) is 0 Å². The predicted molar refractivity (Wildman–Crippen MR) is 53.6 cm³/mol. The highest BCUT2D eigenvalue weighted by atomic mass is 79.9. The number of halogens is 11. The summed E-state index contributed by atoms with van der Waals surface area (Å²) in [6.45, 7) is -0.747. The summed E-state index contributed by atoms with van der Waals surface area (Å²) in [6, 6.07) is 0. The molecule has 1 unspecified atom stereocenters. The van der Waals surface area contributed by atoms with Crippen molar-refractivity contribution in [3.05, 3.63) is 11.9 Å². The molecule has 0 amide bonds. The molecular formula is C9H3BrF10O2. The van der Waals surface area contributed by atoms with Gasteiger partial charge in [-0.25, -0.2) is 4.39 Å². The summed E-state index contributed by atoms with van der Waals surface area (Å²) in [5, 5.41) is 0. The summed E-state index contributed by atoms with van der Waals surface area (Å²) < 4.78 is 126. The van der Waals surface area contributed by atoms with Gasteiger partial charge in [-0.3, -0.25) is 9.59 Å². The molecule has 0 aliphatic carbocycles. The molecule has 0 saturated carbocycles. The first-order valence-electron chi connectivity index (χ1n) is 4.74. The van der Waals surface area contributed by atoms with Crippen LogP contribution in [-0.2, 0) is 9.59 Å². The Hall–Kier alpha value is -1.14. The number of ketones is 2. The van der Waals surface area contributed by atoms with Crippen LogP contribution < -0.4 is 0 Å². The fourth-order valence-corrected chi connectivity index (χ4v) is 1.18. The van der Waals surface area contributed by atoms with Crippen molar-refractivity contribution < 1.29 is 53.5 Å². The normalized spacial score (nSPS) is 16.0. The van der Waals surface area contributed by atoms with E-state index in [0.717, 1.165) is 15.9 Å². The molecule has 0 heterocycles. The van der Waals surface area contributed by atoms with E-state index in [1.807, 2.05) is 0 Å². The Morgan fingerprint density at radius 1 is 0.818 bits per heavy atom. The Morgan fingerprint density at radius 2 is 1.18 bits per heavy atom. The molecule has 1 atom stereocenters. The summed E-state index contributed by atoms with van der Waals surface area (Å²) in [6.07, 6.45) is -3.65. The van der Waals surface area contributed by atoms with E-state index in [4.69, 9.17) is 0 Å². The van der Waals surface area contributed by atoms with E-state index in [0.29, 0.717) is 0 Å². The second kappa shape index (κ2) is 5.81. The van der Waals surface area contributed by atoms with Crippen molar-refractivity contribution in [3.8, 4) is 0 Å². The number of Topliss-reactive ketones (excluding diaryl/α,β-unsaturated/α-hetero) is 2. The molecule has 0 fully saturated rings. The Bertz CT molecular complexity index is 515. The molecule has 0 aliphatic heterocycles. The third-order valence-corrected chi connectivity index (χ3v) is 2.81. The Kier molecular flexibility index (Phi) is 5.51. The Balaban J connectivity index is 5.99. The minimum Gasteiger partial charge on any atom is -0.289 e. The molecule has 0 rings (SSSR count). The molecule has 0 aromatic rings. The summed E-state index contributed by atoms with van der Waals surface area (Å²) in [4.78, 5) is 16.0. The van der Waals surface area contributed by atoms with Crippen molar-refractivity contribution >= 4 is 27.5 Å². The molecule has 0 aromatic carbocycles. The molecule has 0 saturated heterocycles. The Morgan fingerprint density at radius 3 is 1.45 bits per heavy atom. The van der Waals surface area contributed by atoms with Gasteiger partial charge in [0.1, 0.15) is 0 Å². The molecule has 0 radical (unpaired) electrons. The van der Waals surface area contributed by atoms with Gasteiger partial charge in [-0.1, -0.05) is 0 Å². The van der Waals surface area contributed by atoms with E-state index in [9.17, 15) is 53.5 Å². The van der Waals surface area contributed by atoms with Crippen LogP contribution in [0.15, 0.2) is 11.9 Å². The zero-order chi connectivity index (χ0) is 18.3. The van der Waals surface area contributed by atoms with Crippen LogP contribution in [0.25, 0.3) is 0 Å². The zero-order valence-corrected chi connectivity index (χ0v) is 11.6. The monoisotopic (exact) mass is 412 g/mol. The van der Waals surface area contributed by atoms with Crippen LogP contribution >= 0.6 is 15.9 Å². The minimum atomic E-state index is -6.10. The highest BCUT2D eigenvalue weighted by Gasteiger charge is 2.73. The first kappa shape index (κ1) is 20.9. The number of hydrogen-bond donors (Lipinski definition) is 0. The van der Waals surface area contributed by atoms with Crippen molar-refractivity contribution in [2.45, 2.75) is 29.3 Å². The van der Waals surface area contributed by atoms with Gasteiger partial charge >= 0.3 is 22.8 Å². The van der Waals surface area contributed by atoms with Crippen LogP contribution in [0.1, 0.15) is 6.92 Å². The number of rotatable bonds is 6. The lowest BCUT2D eigenvalue weighted by molar-refractivity contribution is -0.205. The second-order valence-electron chi connectivity index (χ2n) is 3.88. The quantitative estimate of drug-likeness (QED) is 0.372. The van der Waals surface area contributed by atoms with Gasteiger partial charge in [0, 0.05) is 0 Å². The molecular weight excluding hydrogens is 410 g/mol. The molecule has 2 nitrogen and oxygen atoms in total. The van der Waals surface area contributed by atoms with Gasteiger partial charge in [0.2, 0.25) is 11.5 Å². The van der Waals surface area contributed by atoms with Gasteiger partial charge in [0.15, 0.2) is 0 Å². The minimum absolute atomic E-state index is 0.747. The van der Waals surface area contributed by atoms with Crippen LogP contribution in [0.3, 0.4) is 0 Å². The average Bonchev–Trinajstić information content (AvgIpc) is 2.33. The second-order valence-corrected chi connectivity index (χ2v) is 4.88. The van der Waals surface area contributed by atoms with Gasteiger partial charge in [0.25, 0.3) is 11.6 Å². The lowest BCUT2D eigenvalue weighted by Crippen LogP contribution is -2.61. The predicted octanol–water partition coefficient (Wildman–Crippen LogP) is 4.19. The maximum absolute atomic E-state index is 13.6. The highest BCUT2D eigenvalue weighted by Crippen LogP contribution is 2.47. The summed E-state index contributed by atoms with van der Waals surface area (Å²) in [5.74, 6) is -23.2. The van der Waals surface area contributed by atoms with Gasteiger partial charge in [-0.15, -0.1) is 0 Å². The van der Waals surface area contributed by atoms with Crippen molar-refractivity contribution in [1.82, 2.24) is 0 Å². The third kappa shape index (κ3) is 3.27. The number of carbonyl (C=O) groups is 2. The maximum atomic E-state index is 13.6. The van der Waals surface area contributed by atoms with E-state index < -0.39 is 52.7 Å². The SMILES string of the molecule is CC(F)(C(=O)C(F)(F)C(F)(F)Br)C(F)(F)C(=O)C(F)=C(F)F. The lowest BCUT2D eigenvalue weighted by Gasteiger charge is -2.31. The molecule has 0 spiro atoms. The molecule has 0 aliphatic rings. The fraction of sp³-hybridized carbons (Fsp3) is 0.556. The van der Waals surface area contributed by atoms with Crippen LogP contribution in [0, 0.1) is 0 Å². The molecule has 22 heavy (non-hydrogen) atoms. The van der Waals surface area contributed by atoms with E-state index >= 15 is 0 Å². The third-order valence-electron chi connectivity index (χ3n) is 2.31. The van der Waals surface area contributed by atoms with Crippen molar-refractivity contribution in [3.63, 3.8) is 0 Å². The molecule has 0 aromatic heterocycles. The molecule has 128 valence electrons. The molecule has 13 heteroatoms. The summed E-state index contributed by atoms with van der Waals surface area (Å²) >= 11 is 0.945. The maximum Gasteiger partial charge on any atom is 0.380 e. The van der Waals surface area contributed by atoms with Crippen molar-refractivity contribution in [2.75, 3.05) is 0 Å². The Labute approximate surface area is 123 Å². The average molecular weight is 413 g/mol. The molecule has 0 N–H and O–H groups in total. The van der Waals surface area contributed by atoms with E-state index in [1.54, 1.807) is 0 Å². The number of hydrogen-bond acceptors (Lipinski definition) is 2. The van der Waals surface area contributed by atoms with Gasteiger partial charge in [-0.05, 0) is 22.9 Å². The standard InChI is InChI=1S/C9H3BrF10O2/c1-6(14,5(22)8(17,18)9(10,19)20)7(15,16)3(21)2(11)4(12)13/h1H3. The topological polar surface area (TPSA) is 34.1 Å². The number of alkyl halides is 8. The van der Waals surface area contributed by atoms with Gasteiger partial charge in [0.05, 0.1) is 0 Å². The summed E-state index contributed by atoms with van der Waals surface area (Å²) in [7, 11) is 0. The van der Waals surface area contributed by atoms with Crippen LogP contribution in [0.4, 0.5) is 43.9 Å². The largest absolute Gasteiger partial charge is 0.380 e. The van der Waals surface area contributed by atoms with Crippen LogP contribution in [0.2, 0.25) is 0 Å². The van der Waals surface area contributed by atoms with Crippen molar-refractivity contribution in [2.24, 2.45) is 0 Å². The van der Waals surface area contributed by atoms with Gasteiger partial charge < -0.3 is 0 Å². The van der Waals surface area contributed by atoms with Crippen LogP contribution in [-0.4, -0.2) is 33.9 Å².